The van der Waals surface area contributed by atoms with Gasteiger partial charge < -0.3 is 20.1 Å². The number of methoxy groups -OCH3 is 1. The van der Waals surface area contributed by atoms with Crippen LogP contribution in [0.15, 0.2) is 42.5 Å². The Morgan fingerprint density at radius 2 is 1.97 bits per heavy atom. The number of benzene rings is 2. The standard InChI is InChI=1S/C26H30N4O4/c1-6-12-34-19-11-10-17(14-20(19)33-5)22-21-16(3)29-30(4)24(21)28-26(32)23(22)27-25(31)18-9-7-8-15(2)13-18/h7-11,13-14,22-23H,6,12H2,1-5H3,(H,27,31)(H,28,32)/t22-,23+/m1/s1. The summed E-state index contributed by atoms with van der Waals surface area (Å²) in [6, 6.07) is 12.1. The highest BCUT2D eigenvalue weighted by Gasteiger charge is 2.41. The van der Waals surface area contributed by atoms with E-state index in [1.54, 1.807) is 31.0 Å². The van der Waals surface area contributed by atoms with E-state index in [4.69, 9.17) is 9.47 Å². The molecule has 4 rings (SSSR count). The summed E-state index contributed by atoms with van der Waals surface area (Å²) in [5, 5.41) is 10.4. The Morgan fingerprint density at radius 1 is 1.18 bits per heavy atom. The topological polar surface area (TPSA) is 94.5 Å². The van der Waals surface area contributed by atoms with E-state index < -0.39 is 12.0 Å². The van der Waals surface area contributed by atoms with Gasteiger partial charge in [-0.25, -0.2) is 0 Å². The number of aryl methyl sites for hydroxylation is 3. The van der Waals surface area contributed by atoms with E-state index in [9.17, 15) is 9.59 Å². The molecule has 2 amide bonds. The van der Waals surface area contributed by atoms with Crippen molar-refractivity contribution in [1.29, 1.82) is 0 Å². The van der Waals surface area contributed by atoms with Crippen molar-refractivity contribution in [2.45, 2.75) is 39.2 Å². The fraction of sp³-hybridized carbons (Fsp3) is 0.346. The van der Waals surface area contributed by atoms with E-state index in [2.05, 4.69) is 15.7 Å². The molecule has 8 nitrogen and oxygen atoms in total. The molecule has 0 saturated carbocycles. The van der Waals surface area contributed by atoms with Crippen LogP contribution in [-0.4, -0.2) is 41.4 Å². The molecule has 2 atom stereocenters. The van der Waals surface area contributed by atoms with Gasteiger partial charge in [0.15, 0.2) is 11.5 Å². The SMILES string of the molecule is CCCOc1ccc([C@@H]2c3c(C)nn(C)c3NC(=O)[C@H]2NC(=O)c2cccc(C)c2)cc1OC. The van der Waals surface area contributed by atoms with Gasteiger partial charge in [0.2, 0.25) is 5.91 Å². The molecule has 34 heavy (non-hydrogen) atoms. The maximum Gasteiger partial charge on any atom is 0.251 e. The largest absolute Gasteiger partial charge is 0.493 e. The van der Waals surface area contributed by atoms with Gasteiger partial charge in [-0.15, -0.1) is 0 Å². The molecular formula is C26H30N4O4. The quantitative estimate of drug-likeness (QED) is 0.558. The monoisotopic (exact) mass is 462 g/mol. The Balaban J connectivity index is 1.78. The molecule has 1 aromatic heterocycles. The summed E-state index contributed by atoms with van der Waals surface area (Å²) in [7, 11) is 3.38. The van der Waals surface area contributed by atoms with Crippen molar-refractivity contribution >= 4 is 17.6 Å². The number of anilines is 1. The van der Waals surface area contributed by atoms with Crippen molar-refractivity contribution in [3.63, 3.8) is 0 Å². The Kier molecular flexibility index (Phi) is 6.58. The molecule has 2 aromatic carbocycles. The lowest BCUT2D eigenvalue weighted by Gasteiger charge is -2.33. The number of rotatable bonds is 7. The van der Waals surface area contributed by atoms with E-state index in [1.165, 1.54) is 0 Å². The molecule has 8 heteroatoms. The number of ether oxygens (including phenoxy) is 2. The predicted molar refractivity (Wildman–Crippen MR) is 130 cm³/mol. The minimum atomic E-state index is -0.837. The smallest absolute Gasteiger partial charge is 0.251 e. The number of nitrogens with zero attached hydrogens (tertiary/aromatic N) is 2. The van der Waals surface area contributed by atoms with E-state index in [1.807, 2.05) is 51.1 Å². The highest BCUT2D eigenvalue weighted by Crippen LogP contribution is 2.41. The van der Waals surface area contributed by atoms with Crippen LogP contribution < -0.4 is 20.1 Å². The second-order valence-electron chi connectivity index (χ2n) is 8.52. The maximum atomic E-state index is 13.3. The number of carbonyl (C=O) groups is 2. The minimum absolute atomic E-state index is 0.299. The predicted octanol–water partition coefficient (Wildman–Crippen LogP) is 3.72. The summed E-state index contributed by atoms with van der Waals surface area (Å²) in [6.07, 6.45) is 0.874. The van der Waals surface area contributed by atoms with Gasteiger partial charge in [-0.05, 0) is 50.1 Å². The lowest BCUT2D eigenvalue weighted by Crippen LogP contribution is -2.50. The third-order valence-electron chi connectivity index (χ3n) is 6.01. The van der Waals surface area contributed by atoms with Gasteiger partial charge >= 0.3 is 0 Å². The summed E-state index contributed by atoms with van der Waals surface area (Å²) in [5.41, 5.74) is 3.93. The number of amides is 2. The van der Waals surface area contributed by atoms with Gasteiger partial charge in [0.25, 0.3) is 5.91 Å². The van der Waals surface area contributed by atoms with Crippen LogP contribution in [0, 0.1) is 13.8 Å². The molecule has 178 valence electrons. The highest BCUT2D eigenvalue weighted by molar-refractivity contribution is 6.04. The Morgan fingerprint density at radius 3 is 2.68 bits per heavy atom. The first-order chi connectivity index (χ1) is 16.3. The fourth-order valence-electron chi connectivity index (χ4n) is 4.44. The molecule has 3 aromatic rings. The molecule has 1 aliphatic heterocycles. The first-order valence-electron chi connectivity index (χ1n) is 11.4. The van der Waals surface area contributed by atoms with Crippen LogP contribution in [0.25, 0.3) is 0 Å². The van der Waals surface area contributed by atoms with Crippen LogP contribution in [0.4, 0.5) is 5.82 Å². The molecule has 0 fully saturated rings. The van der Waals surface area contributed by atoms with Crippen LogP contribution in [0.5, 0.6) is 11.5 Å². The normalized spacial score (nSPS) is 17.0. The van der Waals surface area contributed by atoms with Crippen molar-refractivity contribution in [3.05, 3.63) is 70.4 Å². The lowest BCUT2D eigenvalue weighted by molar-refractivity contribution is -0.118. The van der Waals surface area contributed by atoms with Gasteiger partial charge in [0.05, 0.1) is 19.4 Å². The van der Waals surface area contributed by atoms with Crippen molar-refractivity contribution in [2.75, 3.05) is 19.0 Å². The van der Waals surface area contributed by atoms with E-state index in [0.717, 1.165) is 28.8 Å². The highest BCUT2D eigenvalue weighted by atomic mass is 16.5. The molecule has 2 heterocycles. The molecule has 0 saturated heterocycles. The molecule has 1 aliphatic rings. The fourth-order valence-corrected chi connectivity index (χ4v) is 4.44. The molecule has 0 radical (unpaired) electrons. The summed E-state index contributed by atoms with van der Waals surface area (Å²) in [4.78, 5) is 26.4. The summed E-state index contributed by atoms with van der Waals surface area (Å²) in [6.45, 7) is 6.43. The number of carbonyl (C=O) groups excluding carboxylic acids is 2. The number of aromatic nitrogens is 2. The van der Waals surface area contributed by atoms with E-state index in [-0.39, 0.29) is 11.8 Å². The molecule has 0 unspecified atom stereocenters. The molecule has 0 spiro atoms. The summed E-state index contributed by atoms with van der Waals surface area (Å²) in [5.74, 6) is 0.764. The molecular weight excluding hydrogens is 432 g/mol. The van der Waals surface area contributed by atoms with Gasteiger partial charge in [-0.3, -0.25) is 14.3 Å². The first kappa shape index (κ1) is 23.4. The van der Waals surface area contributed by atoms with Crippen LogP contribution in [0.1, 0.15) is 52.0 Å². The Labute approximate surface area is 199 Å². The lowest BCUT2D eigenvalue weighted by atomic mass is 9.81. The number of nitrogens with one attached hydrogen (secondary N) is 2. The number of hydrogen-bond donors (Lipinski definition) is 2. The van der Waals surface area contributed by atoms with Gasteiger partial charge in [0, 0.05) is 24.1 Å². The van der Waals surface area contributed by atoms with E-state index in [0.29, 0.717) is 29.5 Å². The van der Waals surface area contributed by atoms with Gasteiger partial charge in [-0.1, -0.05) is 30.7 Å². The second kappa shape index (κ2) is 9.59. The zero-order chi connectivity index (χ0) is 24.4. The van der Waals surface area contributed by atoms with Crippen LogP contribution in [0.2, 0.25) is 0 Å². The molecule has 0 aliphatic carbocycles. The second-order valence-corrected chi connectivity index (χ2v) is 8.52. The van der Waals surface area contributed by atoms with Crippen molar-refractivity contribution in [1.82, 2.24) is 15.1 Å². The van der Waals surface area contributed by atoms with Crippen molar-refractivity contribution in [2.24, 2.45) is 7.05 Å². The molecule has 0 bridgehead atoms. The van der Waals surface area contributed by atoms with E-state index >= 15 is 0 Å². The average molecular weight is 463 g/mol. The average Bonchev–Trinajstić information content (AvgIpc) is 3.10. The third-order valence-corrected chi connectivity index (χ3v) is 6.01. The number of hydrogen-bond acceptors (Lipinski definition) is 5. The first-order valence-corrected chi connectivity index (χ1v) is 11.4. The van der Waals surface area contributed by atoms with Crippen LogP contribution >= 0.6 is 0 Å². The Bertz CT molecular complexity index is 1230. The number of fused-ring (bicyclic) bond motifs is 1. The summed E-state index contributed by atoms with van der Waals surface area (Å²) >= 11 is 0. The van der Waals surface area contributed by atoms with Crippen molar-refractivity contribution in [3.8, 4) is 11.5 Å². The van der Waals surface area contributed by atoms with Gasteiger partial charge in [-0.2, -0.15) is 5.10 Å². The maximum absolute atomic E-state index is 13.3. The third kappa shape index (κ3) is 4.35. The van der Waals surface area contributed by atoms with Crippen molar-refractivity contribution < 1.29 is 19.1 Å². The van der Waals surface area contributed by atoms with Crippen LogP contribution in [0.3, 0.4) is 0 Å². The minimum Gasteiger partial charge on any atom is -0.493 e. The zero-order valence-corrected chi connectivity index (χ0v) is 20.1. The zero-order valence-electron chi connectivity index (χ0n) is 20.1. The van der Waals surface area contributed by atoms with Gasteiger partial charge in [0.1, 0.15) is 11.9 Å². The van der Waals surface area contributed by atoms with Crippen LogP contribution in [-0.2, 0) is 11.8 Å². The molecule has 2 N–H and O–H groups in total. The summed E-state index contributed by atoms with van der Waals surface area (Å²) < 4.78 is 13.1. The Hall–Kier alpha value is -3.81.